The van der Waals surface area contributed by atoms with Crippen LogP contribution in [0.2, 0.25) is 0 Å². The number of carbonyl (C=O) groups is 2. The lowest BCUT2D eigenvalue weighted by molar-refractivity contribution is -0.146. The molecule has 0 aromatic heterocycles. The lowest BCUT2D eigenvalue weighted by Crippen LogP contribution is -2.33. The zero-order chi connectivity index (χ0) is 12.5. The Labute approximate surface area is 89.3 Å². The van der Waals surface area contributed by atoms with Crippen molar-refractivity contribution in [2.45, 2.75) is 13.1 Å². The van der Waals surface area contributed by atoms with Crippen molar-refractivity contribution in [1.82, 2.24) is 0 Å². The van der Waals surface area contributed by atoms with Crippen LogP contribution in [0.4, 0.5) is 13.2 Å². The predicted octanol–water partition coefficient (Wildman–Crippen LogP) is 1.95. The minimum Gasteiger partial charge on any atom is -0.481 e. The van der Waals surface area contributed by atoms with E-state index in [1.54, 1.807) is 0 Å². The molecule has 0 heterocycles. The maximum atomic E-state index is 12.4. The summed E-state index contributed by atoms with van der Waals surface area (Å²) < 4.78 is 37.1. The summed E-state index contributed by atoms with van der Waals surface area (Å²) in [6.45, 7) is 1.20. The van der Waals surface area contributed by atoms with Gasteiger partial charge in [-0.15, -0.1) is 0 Å². The summed E-state index contributed by atoms with van der Waals surface area (Å²) in [6.07, 6.45) is -1.84. The summed E-state index contributed by atoms with van der Waals surface area (Å²) in [7, 11) is 0. The summed E-state index contributed by atoms with van der Waals surface area (Å²) in [5.74, 6) is -4.91. The molecule has 0 radical (unpaired) electrons. The molecule has 2 atom stereocenters. The Morgan fingerprint density at radius 3 is 2.50 bits per heavy atom. The molecule has 0 aromatic rings. The summed E-state index contributed by atoms with van der Waals surface area (Å²) in [5, 5.41) is 8.65. The van der Waals surface area contributed by atoms with E-state index < -0.39 is 35.3 Å². The van der Waals surface area contributed by atoms with Crippen molar-refractivity contribution in [1.29, 1.82) is 0 Å². The summed E-state index contributed by atoms with van der Waals surface area (Å²) in [6, 6.07) is 0. The van der Waals surface area contributed by atoms with Gasteiger partial charge in [0.15, 0.2) is 5.78 Å². The number of hydrogen-bond donors (Lipinski definition) is 1. The van der Waals surface area contributed by atoms with E-state index in [1.165, 1.54) is 13.0 Å². The number of carbonyl (C=O) groups excluding carboxylic acids is 1. The highest BCUT2D eigenvalue weighted by Gasteiger charge is 2.43. The van der Waals surface area contributed by atoms with Crippen molar-refractivity contribution in [3.05, 3.63) is 23.8 Å². The topological polar surface area (TPSA) is 54.4 Å². The Balaban J connectivity index is 2.99. The molecule has 0 aliphatic heterocycles. The van der Waals surface area contributed by atoms with Gasteiger partial charge in [-0.3, -0.25) is 9.59 Å². The van der Waals surface area contributed by atoms with Gasteiger partial charge in [-0.1, -0.05) is 19.1 Å². The Morgan fingerprint density at radius 1 is 1.50 bits per heavy atom. The summed E-state index contributed by atoms with van der Waals surface area (Å²) in [4.78, 5) is 22.0. The van der Waals surface area contributed by atoms with Crippen molar-refractivity contribution in [3.63, 3.8) is 0 Å². The van der Waals surface area contributed by atoms with Gasteiger partial charge in [0.25, 0.3) is 0 Å². The number of hydrogen-bond acceptors (Lipinski definition) is 2. The van der Waals surface area contributed by atoms with Gasteiger partial charge in [0.2, 0.25) is 0 Å². The molecule has 2 unspecified atom stereocenters. The summed E-state index contributed by atoms with van der Waals surface area (Å²) in [5.41, 5.74) is -1.30. The monoisotopic (exact) mass is 234 g/mol. The molecule has 0 spiro atoms. The van der Waals surface area contributed by atoms with E-state index in [0.717, 1.165) is 6.08 Å². The molecule has 0 aromatic carbocycles. The first-order chi connectivity index (χ1) is 7.25. The minimum atomic E-state index is -4.74. The molecule has 0 bridgehead atoms. The van der Waals surface area contributed by atoms with Crippen LogP contribution in [0.15, 0.2) is 23.8 Å². The molecule has 6 heteroatoms. The number of alkyl halides is 3. The van der Waals surface area contributed by atoms with Crippen LogP contribution in [0.25, 0.3) is 0 Å². The van der Waals surface area contributed by atoms with Crippen LogP contribution in [-0.4, -0.2) is 23.0 Å². The third kappa shape index (κ3) is 2.32. The van der Waals surface area contributed by atoms with Crippen LogP contribution in [0.5, 0.6) is 0 Å². The lowest BCUT2D eigenvalue weighted by Gasteiger charge is -2.21. The van der Waals surface area contributed by atoms with Crippen molar-refractivity contribution in [2.24, 2.45) is 11.8 Å². The third-order valence-corrected chi connectivity index (χ3v) is 2.38. The largest absolute Gasteiger partial charge is 0.481 e. The van der Waals surface area contributed by atoms with E-state index in [9.17, 15) is 22.8 Å². The van der Waals surface area contributed by atoms with Crippen LogP contribution in [-0.2, 0) is 9.59 Å². The highest BCUT2D eigenvalue weighted by atomic mass is 19.4. The van der Waals surface area contributed by atoms with E-state index >= 15 is 0 Å². The number of carboxylic acids is 1. The van der Waals surface area contributed by atoms with Gasteiger partial charge >= 0.3 is 12.1 Å². The van der Waals surface area contributed by atoms with Crippen molar-refractivity contribution >= 4 is 11.8 Å². The van der Waals surface area contributed by atoms with E-state index in [2.05, 4.69) is 0 Å². The van der Waals surface area contributed by atoms with Gasteiger partial charge in [-0.2, -0.15) is 13.2 Å². The average Bonchev–Trinajstić information content (AvgIpc) is 2.15. The van der Waals surface area contributed by atoms with Crippen molar-refractivity contribution in [2.75, 3.05) is 0 Å². The van der Waals surface area contributed by atoms with E-state index in [0.29, 0.717) is 6.08 Å². The Morgan fingerprint density at radius 2 is 2.06 bits per heavy atom. The molecule has 0 saturated heterocycles. The maximum Gasteiger partial charge on any atom is 0.419 e. The second-order valence-corrected chi connectivity index (χ2v) is 3.48. The van der Waals surface area contributed by atoms with Crippen LogP contribution in [0.3, 0.4) is 0 Å². The molecule has 1 aliphatic carbocycles. The number of carboxylic acid groups (broad SMARTS) is 1. The van der Waals surface area contributed by atoms with Crippen molar-refractivity contribution < 1.29 is 27.9 Å². The van der Waals surface area contributed by atoms with Crippen molar-refractivity contribution in [3.8, 4) is 0 Å². The van der Waals surface area contributed by atoms with Crippen LogP contribution < -0.4 is 0 Å². The fourth-order valence-electron chi connectivity index (χ4n) is 1.40. The lowest BCUT2D eigenvalue weighted by atomic mass is 9.83. The highest BCUT2D eigenvalue weighted by molar-refractivity contribution is 6.02. The molecule has 1 N–H and O–H groups in total. The van der Waals surface area contributed by atoms with Gasteiger partial charge in [0, 0.05) is 0 Å². The Kier molecular flexibility index (Phi) is 3.21. The first-order valence-electron chi connectivity index (χ1n) is 4.48. The van der Waals surface area contributed by atoms with Gasteiger partial charge in [0.1, 0.15) is 0 Å². The Hall–Kier alpha value is -1.59. The van der Waals surface area contributed by atoms with Crippen LogP contribution in [0, 0.1) is 11.8 Å². The molecular weight excluding hydrogens is 225 g/mol. The van der Waals surface area contributed by atoms with Crippen LogP contribution >= 0.6 is 0 Å². The number of halogens is 3. The number of Topliss-reactive ketones (excluding diaryl/α,β-unsaturated/α-hetero) is 1. The first kappa shape index (κ1) is 12.5. The molecule has 3 nitrogen and oxygen atoms in total. The molecular formula is C10H9F3O3. The Bertz CT molecular complexity index is 379. The molecule has 0 fully saturated rings. The van der Waals surface area contributed by atoms with Gasteiger partial charge in [-0.05, 0) is 6.08 Å². The third-order valence-electron chi connectivity index (χ3n) is 2.38. The normalized spacial score (nSPS) is 22.9. The smallest absolute Gasteiger partial charge is 0.419 e. The number of aliphatic carboxylic acids is 1. The number of rotatable bonds is 2. The van der Waals surface area contributed by atoms with Gasteiger partial charge < -0.3 is 5.11 Å². The molecule has 0 saturated carbocycles. The quantitative estimate of drug-likeness (QED) is 0.794. The average molecular weight is 234 g/mol. The van der Waals surface area contributed by atoms with Crippen LogP contribution in [0.1, 0.15) is 6.92 Å². The highest BCUT2D eigenvalue weighted by Crippen LogP contribution is 2.33. The fourth-order valence-corrected chi connectivity index (χ4v) is 1.40. The van der Waals surface area contributed by atoms with Gasteiger partial charge in [-0.25, -0.2) is 0 Å². The predicted molar refractivity (Wildman–Crippen MR) is 48.6 cm³/mol. The number of ketones is 1. The number of allylic oxidation sites excluding steroid dienone is 4. The molecule has 1 rings (SSSR count). The van der Waals surface area contributed by atoms with E-state index in [-0.39, 0.29) is 0 Å². The molecule has 1 aliphatic rings. The first-order valence-corrected chi connectivity index (χ1v) is 4.48. The van der Waals surface area contributed by atoms with E-state index in [4.69, 9.17) is 5.11 Å². The fraction of sp³-hybridized carbons (Fsp3) is 0.400. The zero-order valence-corrected chi connectivity index (χ0v) is 8.28. The molecule has 88 valence electrons. The SMILES string of the molecule is CC(C(=O)O)C1C=CC=C(C(F)(F)F)C1=O. The van der Waals surface area contributed by atoms with E-state index in [1.807, 2.05) is 0 Å². The standard InChI is InChI=1S/C10H9F3O3/c1-5(9(15)16)6-3-2-4-7(8(6)14)10(11,12)13/h2-6H,1H3,(H,15,16). The maximum absolute atomic E-state index is 12.4. The second-order valence-electron chi connectivity index (χ2n) is 3.48. The van der Waals surface area contributed by atoms with Gasteiger partial charge in [0.05, 0.1) is 17.4 Å². The molecule has 0 amide bonds. The molecule has 16 heavy (non-hydrogen) atoms. The second kappa shape index (κ2) is 4.11. The zero-order valence-electron chi connectivity index (χ0n) is 8.28. The minimum absolute atomic E-state index is 0.660. The summed E-state index contributed by atoms with van der Waals surface area (Å²) >= 11 is 0.